The van der Waals surface area contributed by atoms with E-state index < -0.39 is 5.54 Å². The summed E-state index contributed by atoms with van der Waals surface area (Å²) < 4.78 is 0. The largest absolute Gasteiger partial charge is 0.394 e. The van der Waals surface area contributed by atoms with Crippen molar-refractivity contribution in [3.05, 3.63) is 47.0 Å². The lowest BCUT2D eigenvalue weighted by atomic mass is 9.93. The third kappa shape index (κ3) is 2.71. The molecule has 1 aromatic carbocycles. The van der Waals surface area contributed by atoms with Crippen molar-refractivity contribution in [2.24, 2.45) is 0 Å². The molecular formula is C14H18N2OS. The average Bonchev–Trinajstić information content (AvgIpc) is 2.87. The minimum absolute atomic E-state index is 0.0258. The van der Waals surface area contributed by atoms with Gasteiger partial charge in [-0.1, -0.05) is 37.3 Å². The highest BCUT2D eigenvalue weighted by Crippen LogP contribution is 2.27. The van der Waals surface area contributed by atoms with Gasteiger partial charge in [-0.15, -0.1) is 11.3 Å². The number of aryl methyl sites for hydroxylation is 1. The Morgan fingerprint density at radius 2 is 2.06 bits per heavy atom. The van der Waals surface area contributed by atoms with Gasteiger partial charge in [-0.25, -0.2) is 4.98 Å². The highest BCUT2D eigenvalue weighted by atomic mass is 32.1. The summed E-state index contributed by atoms with van der Waals surface area (Å²) in [5, 5.41) is 15.9. The molecule has 0 saturated carbocycles. The summed E-state index contributed by atoms with van der Waals surface area (Å²) in [4.78, 5) is 4.48. The predicted octanol–water partition coefficient (Wildman–Crippen LogP) is 3.03. The minimum atomic E-state index is -0.496. The van der Waals surface area contributed by atoms with Crippen LogP contribution in [0.1, 0.15) is 25.1 Å². The number of nitrogens with zero attached hydrogens (tertiary/aromatic N) is 1. The van der Waals surface area contributed by atoms with Crippen LogP contribution in [-0.4, -0.2) is 16.7 Å². The number of aliphatic hydroxyl groups is 1. The van der Waals surface area contributed by atoms with Crippen LogP contribution >= 0.6 is 11.3 Å². The molecule has 2 rings (SSSR count). The van der Waals surface area contributed by atoms with Crippen molar-refractivity contribution in [1.29, 1.82) is 0 Å². The van der Waals surface area contributed by atoms with Gasteiger partial charge in [-0.3, -0.25) is 0 Å². The Labute approximate surface area is 112 Å². The maximum absolute atomic E-state index is 9.68. The van der Waals surface area contributed by atoms with Crippen molar-refractivity contribution in [3.8, 4) is 0 Å². The number of hydrogen-bond acceptors (Lipinski definition) is 4. The van der Waals surface area contributed by atoms with Crippen molar-refractivity contribution < 1.29 is 5.11 Å². The second-order valence-electron chi connectivity index (χ2n) is 4.48. The molecule has 0 aliphatic carbocycles. The molecule has 0 radical (unpaired) electrons. The Kier molecular flexibility index (Phi) is 3.99. The normalized spacial score (nSPS) is 14.2. The molecule has 1 aromatic heterocycles. The molecule has 0 aliphatic rings. The molecule has 0 bridgehead atoms. The number of aliphatic hydroxyl groups excluding tert-OH is 1. The molecule has 1 atom stereocenters. The van der Waals surface area contributed by atoms with E-state index in [0.717, 1.165) is 22.8 Å². The summed E-state index contributed by atoms with van der Waals surface area (Å²) in [5.41, 5.74) is 1.64. The molecule has 18 heavy (non-hydrogen) atoms. The Morgan fingerprint density at radius 3 is 2.61 bits per heavy atom. The quantitative estimate of drug-likeness (QED) is 0.870. The van der Waals surface area contributed by atoms with E-state index in [-0.39, 0.29) is 6.61 Å². The van der Waals surface area contributed by atoms with Gasteiger partial charge in [0.1, 0.15) is 0 Å². The highest BCUT2D eigenvalue weighted by Gasteiger charge is 2.26. The van der Waals surface area contributed by atoms with Crippen molar-refractivity contribution in [2.45, 2.75) is 25.8 Å². The van der Waals surface area contributed by atoms with Gasteiger partial charge in [0.05, 0.1) is 17.8 Å². The van der Waals surface area contributed by atoms with Crippen molar-refractivity contribution >= 4 is 16.5 Å². The molecule has 1 heterocycles. The van der Waals surface area contributed by atoms with Gasteiger partial charge in [0.15, 0.2) is 5.13 Å². The molecule has 0 amide bonds. The fraction of sp³-hybridized carbons (Fsp3) is 0.357. The van der Waals surface area contributed by atoms with Crippen LogP contribution < -0.4 is 5.32 Å². The number of thiazole rings is 1. The molecule has 2 aromatic rings. The number of nitrogens with one attached hydrogen (secondary N) is 1. The van der Waals surface area contributed by atoms with E-state index in [1.165, 1.54) is 0 Å². The Bertz CT molecular complexity index is 498. The first kappa shape index (κ1) is 13.1. The van der Waals surface area contributed by atoms with E-state index in [1.54, 1.807) is 11.3 Å². The Morgan fingerprint density at radius 1 is 1.33 bits per heavy atom. The van der Waals surface area contributed by atoms with E-state index in [9.17, 15) is 5.11 Å². The first-order valence-corrected chi connectivity index (χ1v) is 6.95. The molecule has 2 N–H and O–H groups in total. The summed E-state index contributed by atoms with van der Waals surface area (Å²) in [6.45, 7) is 4.09. The Balaban J connectivity index is 2.23. The second-order valence-corrected chi connectivity index (χ2v) is 5.34. The zero-order chi connectivity index (χ0) is 13.0. The third-order valence-corrected chi connectivity index (χ3v) is 3.83. The van der Waals surface area contributed by atoms with Crippen LogP contribution in [0.2, 0.25) is 0 Å². The van der Waals surface area contributed by atoms with E-state index in [2.05, 4.69) is 17.2 Å². The van der Waals surface area contributed by atoms with Gasteiger partial charge >= 0.3 is 0 Å². The molecule has 96 valence electrons. The molecule has 0 spiro atoms. The fourth-order valence-corrected chi connectivity index (χ4v) is 2.69. The number of rotatable bonds is 5. The molecule has 1 unspecified atom stereocenters. The van der Waals surface area contributed by atoms with E-state index >= 15 is 0 Å². The molecule has 0 fully saturated rings. The van der Waals surface area contributed by atoms with E-state index in [0.29, 0.717) is 0 Å². The van der Waals surface area contributed by atoms with Crippen LogP contribution in [0.25, 0.3) is 0 Å². The monoisotopic (exact) mass is 262 g/mol. The smallest absolute Gasteiger partial charge is 0.183 e. The summed E-state index contributed by atoms with van der Waals surface area (Å²) >= 11 is 1.58. The number of hydrogen-bond donors (Lipinski definition) is 2. The lowest BCUT2D eigenvalue weighted by molar-refractivity contribution is 0.224. The first-order valence-electron chi connectivity index (χ1n) is 6.07. The van der Waals surface area contributed by atoms with Gasteiger partial charge in [-0.2, -0.15) is 0 Å². The van der Waals surface area contributed by atoms with Gasteiger partial charge in [0, 0.05) is 5.38 Å². The van der Waals surface area contributed by atoms with E-state index in [1.807, 2.05) is 42.6 Å². The third-order valence-electron chi connectivity index (χ3n) is 3.02. The van der Waals surface area contributed by atoms with Crippen LogP contribution in [0.5, 0.6) is 0 Å². The number of benzene rings is 1. The molecule has 0 saturated heterocycles. The van der Waals surface area contributed by atoms with Crippen molar-refractivity contribution in [1.82, 2.24) is 4.98 Å². The van der Waals surface area contributed by atoms with E-state index in [4.69, 9.17) is 0 Å². The SMILES string of the molecule is CCc1csc(NC(C)(CO)c2ccccc2)n1. The number of anilines is 1. The summed E-state index contributed by atoms with van der Waals surface area (Å²) in [6.07, 6.45) is 0.930. The van der Waals surface area contributed by atoms with Gasteiger partial charge < -0.3 is 10.4 Å². The zero-order valence-corrected chi connectivity index (χ0v) is 11.5. The summed E-state index contributed by atoms with van der Waals surface area (Å²) in [6, 6.07) is 9.95. The van der Waals surface area contributed by atoms with Gasteiger partial charge in [0.2, 0.25) is 0 Å². The standard InChI is InChI=1S/C14H18N2OS/c1-3-12-9-18-13(15-12)16-14(2,10-17)11-7-5-4-6-8-11/h4-9,17H,3,10H2,1-2H3,(H,15,16). The fourth-order valence-electron chi connectivity index (χ4n) is 1.77. The van der Waals surface area contributed by atoms with Gasteiger partial charge in [-0.05, 0) is 18.9 Å². The topological polar surface area (TPSA) is 45.1 Å². The van der Waals surface area contributed by atoms with Crippen LogP contribution in [0.3, 0.4) is 0 Å². The zero-order valence-electron chi connectivity index (χ0n) is 10.7. The van der Waals surface area contributed by atoms with Crippen molar-refractivity contribution in [2.75, 3.05) is 11.9 Å². The lowest BCUT2D eigenvalue weighted by Crippen LogP contribution is -2.35. The van der Waals surface area contributed by atoms with Crippen LogP contribution in [-0.2, 0) is 12.0 Å². The minimum Gasteiger partial charge on any atom is -0.394 e. The summed E-state index contributed by atoms with van der Waals surface area (Å²) in [5.74, 6) is 0. The van der Waals surface area contributed by atoms with Crippen LogP contribution in [0.4, 0.5) is 5.13 Å². The maximum atomic E-state index is 9.68. The first-order chi connectivity index (χ1) is 8.68. The molecule has 3 nitrogen and oxygen atoms in total. The highest BCUT2D eigenvalue weighted by molar-refractivity contribution is 7.13. The predicted molar refractivity (Wildman–Crippen MR) is 76.0 cm³/mol. The number of aromatic nitrogens is 1. The van der Waals surface area contributed by atoms with Crippen LogP contribution in [0.15, 0.2) is 35.7 Å². The molecule has 0 aliphatic heterocycles. The van der Waals surface area contributed by atoms with Crippen molar-refractivity contribution in [3.63, 3.8) is 0 Å². The molecule has 4 heteroatoms. The second kappa shape index (κ2) is 5.50. The Hall–Kier alpha value is -1.39. The lowest BCUT2D eigenvalue weighted by Gasteiger charge is -2.29. The summed E-state index contributed by atoms with van der Waals surface area (Å²) in [7, 11) is 0. The maximum Gasteiger partial charge on any atom is 0.183 e. The average molecular weight is 262 g/mol. The van der Waals surface area contributed by atoms with Crippen LogP contribution in [0, 0.1) is 0 Å². The molecular weight excluding hydrogens is 244 g/mol. The van der Waals surface area contributed by atoms with Gasteiger partial charge in [0.25, 0.3) is 0 Å².